The number of furan rings is 1. The zero-order valence-corrected chi connectivity index (χ0v) is 14.5. The molecular weight excluding hydrogens is 388 g/mol. The minimum atomic E-state index is -1.98. The lowest BCUT2D eigenvalue weighted by atomic mass is 9.72. The van der Waals surface area contributed by atoms with Gasteiger partial charge in [0.2, 0.25) is 0 Å². The van der Waals surface area contributed by atoms with Crippen LogP contribution in [0.5, 0.6) is 0 Å². The van der Waals surface area contributed by atoms with Crippen LogP contribution in [0.3, 0.4) is 0 Å². The molecule has 2 aromatic carbocycles. The highest BCUT2D eigenvalue weighted by Gasteiger charge is 2.60. The monoisotopic (exact) mass is 400 g/mol. The van der Waals surface area contributed by atoms with Crippen molar-refractivity contribution in [2.45, 2.75) is 12.3 Å². The van der Waals surface area contributed by atoms with Gasteiger partial charge in [0, 0.05) is 27.8 Å². The number of aliphatic carboxylic acids is 2. The Kier molecular flexibility index (Phi) is 3.47. The second-order valence-corrected chi connectivity index (χ2v) is 7.09. The Balaban J connectivity index is 2.04. The number of halogens is 1. The average molecular weight is 401 g/mol. The van der Waals surface area contributed by atoms with Gasteiger partial charge in [-0.15, -0.1) is 0 Å². The summed E-state index contributed by atoms with van der Waals surface area (Å²) in [5.74, 6) is -3.11. The molecule has 0 saturated carbocycles. The average Bonchev–Trinajstić information content (AvgIpc) is 3.09. The van der Waals surface area contributed by atoms with E-state index in [-0.39, 0.29) is 6.42 Å². The third-order valence-electron chi connectivity index (χ3n) is 4.90. The van der Waals surface area contributed by atoms with Gasteiger partial charge < -0.3 is 14.6 Å². The van der Waals surface area contributed by atoms with E-state index in [2.05, 4.69) is 15.9 Å². The molecule has 1 heterocycles. The molecule has 0 spiro atoms. The summed E-state index contributed by atoms with van der Waals surface area (Å²) in [5.41, 5.74) is -0.0496. The lowest BCUT2D eigenvalue weighted by molar-refractivity contribution is -0.165. The number of hydrogen-bond acceptors (Lipinski definition) is 3. The first-order valence-corrected chi connectivity index (χ1v) is 8.47. The molecule has 4 rings (SSSR count). The standard InChI is InChI=1S/C19H13BrO5/c20-11-7-5-10(6-8-11)16-15-12-3-1-2-4-13(12)25-14(15)9-19(16,17(21)22)18(23)24/h1-8,16H,9H2,(H,21,22)(H,23,24). The molecule has 1 aliphatic carbocycles. The van der Waals surface area contributed by atoms with Crippen LogP contribution in [0.2, 0.25) is 0 Å². The van der Waals surface area contributed by atoms with Crippen molar-refractivity contribution in [3.05, 3.63) is 69.9 Å². The van der Waals surface area contributed by atoms with Crippen LogP contribution in [0.4, 0.5) is 0 Å². The topological polar surface area (TPSA) is 87.7 Å². The smallest absolute Gasteiger partial charge is 0.322 e. The molecule has 3 aromatic rings. The van der Waals surface area contributed by atoms with Gasteiger partial charge in [-0.2, -0.15) is 0 Å². The van der Waals surface area contributed by atoms with Gasteiger partial charge >= 0.3 is 11.9 Å². The van der Waals surface area contributed by atoms with Gasteiger partial charge in [-0.3, -0.25) is 9.59 Å². The lowest BCUT2D eigenvalue weighted by Crippen LogP contribution is -2.43. The molecule has 0 saturated heterocycles. The van der Waals surface area contributed by atoms with Crippen LogP contribution in [0, 0.1) is 5.41 Å². The first-order valence-electron chi connectivity index (χ1n) is 7.67. The van der Waals surface area contributed by atoms with Gasteiger partial charge in [0.15, 0.2) is 5.41 Å². The van der Waals surface area contributed by atoms with Crippen LogP contribution >= 0.6 is 15.9 Å². The molecule has 1 atom stereocenters. The maximum atomic E-state index is 12.1. The molecule has 1 aliphatic rings. The molecule has 0 aliphatic heterocycles. The minimum Gasteiger partial charge on any atom is -0.480 e. The molecule has 2 N–H and O–H groups in total. The summed E-state index contributed by atoms with van der Waals surface area (Å²) in [7, 11) is 0. The summed E-state index contributed by atoms with van der Waals surface area (Å²) in [5, 5.41) is 20.5. The summed E-state index contributed by atoms with van der Waals surface area (Å²) in [4.78, 5) is 24.2. The predicted octanol–water partition coefficient (Wildman–Crippen LogP) is 4.04. The second-order valence-electron chi connectivity index (χ2n) is 6.18. The molecule has 0 radical (unpaired) electrons. The highest BCUT2D eigenvalue weighted by Crippen LogP contribution is 2.54. The highest BCUT2D eigenvalue weighted by molar-refractivity contribution is 9.10. The molecule has 1 aromatic heterocycles. The molecular formula is C19H13BrO5. The van der Waals surface area contributed by atoms with E-state index in [4.69, 9.17) is 4.42 Å². The van der Waals surface area contributed by atoms with Crippen molar-refractivity contribution in [2.24, 2.45) is 5.41 Å². The highest BCUT2D eigenvalue weighted by atomic mass is 79.9. The van der Waals surface area contributed by atoms with Crippen LogP contribution in [-0.4, -0.2) is 22.2 Å². The van der Waals surface area contributed by atoms with E-state index in [9.17, 15) is 19.8 Å². The molecule has 25 heavy (non-hydrogen) atoms. The van der Waals surface area contributed by atoms with E-state index < -0.39 is 23.3 Å². The summed E-state index contributed by atoms with van der Waals surface area (Å²) >= 11 is 3.35. The summed E-state index contributed by atoms with van der Waals surface area (Å²) < 4.78 is 6.64. The van der Waals surface area contributed by atoms with E-state index in [1.807, 2.05) is 18.2 Å². The maximum absolute atomic E-state index is 12.1. The number of hydrogen-bond donors (Lipinski definition) is 2. The Morgan fingerprint density at radius 1 is 1.04 bits per heavy atom. The Hall–Kier alpha value is -2.60. The van der Waals surface area contributed by atoms with Crippen molar-refractivity contribution >= 4 is 38.8 Å². The molecule has 0 fully saturated rings. The molecule has 6 heteroatoms. The van der Waals surface area contributed by atoms with Crippen LogP contribution in [0.1, 0.15) is 22.8 Å². The first-order chi connectivity index (χ1) is 11.9. The molecule has 1 unspecified atom stereocenters. The fraction of sp³-hybridized carbons (Fsp3) is 0.158. The maximum Gasteiger partial charge on any atom is 0.322 e. The summed E-state index contributed by atoms with van der Waals surface area (Å²) in [6.07, 6.45) is -0.178. The van der Waals surface area contributed by atoms with Gasteiger partial charge in [-0.25, -0.2) is 0 Å². The number of carboxylic acids is 2. The summed E-state index contributed by atoms with van der Waals surface area (Å²) in [6.45, 7) is 0. The van der Waals surface area contributed by atoms with Crippen molar-refractivity contribution in [2.75, 3.05) is 0 Å². The molecule has 0 bridgehead atoms. The Morgan fingerprint density at radius 2 is 1.68 bits per heavy atom. The van der Waals surface area contributed by atoms with Gasteiger partial charge in [-0.05, 0) is 23.8 Å². The van der Waals surface area contributed by atoms with E-state index in [0.29, 0.717) is 22.5 Å². The van der Waals surface area contributed by atoms with Gasteiger partial charge in [0.05, 0.1) is 0 Å². The van der Waals surface area contributed by atoms with Crippen LogP contribution in [0.25, 0.3) is 11.0 Å². The number of benzene rings is 2. The van der Waals surface area contributed by atoms with Gasteiger partial charge in [0.25, 0.3) is 0 Å². The van der Waals surface area contributed by atoms with Crippen molar-refractivity contribution in [3.63, 3.8) is 0 Å². The number of carbonyl (C=O) groups is 2. The van der Waals surface area contributed by atoms with Crippen LogP contribution < -0.4 is 0 Å². The quantitative estimate of drug-likeness (QED) is 0.647. The van der Waals surface area contributed by atoms with E-state index in [1.165, 1.54) is 0 Å². The predicted molar refractivity (Wildman–Crippen MR) is 93.6 cm³/mol. The molecule has 5 nitrogen and oxygen atoms in total. The van der Waals surface area contributed by atoms with Gasteiger partial charge in [0.1, 0.15) is 11.3 Å². The fourth-order valence-electron chi connectivity index (χ4n) is 3.76. The Morgan fingerprint density at radius 3 is 2.32 bits per heavy atom. The Labute approximate surface area is 151 Å². The minimum absolute atomic E-state index is 0.178. The SMILES string of the molecule is O=C(O)C1(C(=O)O)Cc2oc3ccccc3c2C1c1ccc(Br)cc1. The normalized spacial score (nSPS) is 18.2. The second kappa shape index (κ2) is 5.46. The largest absolute Gasteiger partial charge is 0.480 e. The van der Waals surface area contributed by atoms with E-state index in [1.54, 1.807) is 30.3 Å². The number of carboxylic acid groups (broad SMARTS) is 2. The Bertz CT molecular complexity index is 988. The zero-order valence-electron chi connectivity index (χ0n) is 12.9. The van der Waals surface area contributed by atoms with E-state index >= 15 is 0 Å². The lowest BCUT2D eigenvalue weighted by Gasteiger charge is -2.28. The molecule has 0 amide bonds. The van der Waals surface area contributed by atoms with Crippen molar-refractivity contribution < 1.29 is 24.2 Å². The van der Waals surface area contributed by atoms with Crippen molar-refractivity contribution in [1.29, 1.82) is 0 Å². The number of fused-ring (bicyclic) bond motifs is 3. The van der Waals surface area contributed by atoms with Crippen LogP contribution in [-0.2, 0) is 16.0 Å². The third-order valence-corrected chi connectivity index (χ3v) is 5.43. The number of rotatable bonds is 3. The van der Waals surface area contributed by atoms with Crippen molar-refractivity contribution in [1.82, 2.24) is 0 Å². The van der Waals surface area contributed by atoms with Crippen LogP contribution in [0.15, 0.2) is 57.4 Å². The summed E-state index contributed by atoms with van der Waals surface area (Å²) in [6, 6.07) is 14.4. The fourth-order valence-corrected chi connectivity index (χ4v) is 4.03. The number of para-hydroxylation sites is 1. The first kappa shape index (κ1) is 15.9. The molecule has 126 valence electrons. The van der Waals surface area contributed by atoms with Crippen molar-refractivity contribution in [3.8, 4) is 0 Å². The van der Waals surface area contributed by atoms with Gasteiger partial charge in [-0.1, -0.05) is 46.3 Å². The zero-order chi connectivity index (χ0) is 17.8. The van der Waals surface area contributed by atoms with E-state index in [0.717, 1.165) is 9.86 Å². The third kappa shape index (κ3) is 2.14.